The number of anilines is 3. The lowest BCUT2D eigenvalue weighted by molar-refractivity contribution is 0.0438. The third kappa shape index (κ3) is 5.09. The van der Waals surface area contributed by atoms with Crippen LogP contribution in [0, 0.1) is 0 Å². The number of aromatic hydroxyl groups is 1. The molecule has 176 valence electrons. The van der Waals surface area contributed by atoms with Crippen LogP contribution in [0.2, 0.25) is 5.02 Å². The standard InChI is InChI=1S/C23H32ClN3O4S/c1-6-15(17-11-8-13(5)31-17)25-18-19(22(30)21(18)29)26-16-10-9-14(24)23(20(16)28)32-27(7-2)12(3)4/h9-10,12-13,15,17,25-26,28H,6-8,11H2,1-5H3/t13?,15-,17?/m1/s1. The Morgan fingerprint density at radius 1 is 1.22 bits per heavy atom. The Hall–Kier alpha value is -1.74. The molecule has 3 N–H and O–H groups in total. The van der Waals surface area contributed by atoms with Crippen LogP contribution < -0.4 is 21.5 Å². The van der Waals surface area contributed by atoms with E-state index in [0.717, 1.165) is 25.8 Å². The Morgan fingerprint density at radius 3 is 2.47 bits per heavy atom. The average Bonchev–Trinajstić information content (AvgIpc) is 3.20. The first-order valence-corrected chi connectivity index (χ1v) is 12.3. The number of phenolic OH excluding ortho intramolecular Hbond substituents is 1. The van der Waals surface area contributed by atoms with Crippen molar-refractivity contribution in [1.29, 1.82) is 0 Å². The van der Waals surface area contributed by atoms with E-state index in [-0.39, 0.29) is 41.4 Å². The molecule has 7 nitrogen and oxygen atoms in total. The van der Waals surface area contributed by atoms with Crippen molar-refractivity contribution in [1.82, 2.24) is 4.31 Å². The van der Waals surface area contributed by atoms with Crippen LogP contribution in [0.25, 0.3) is 0 Å². The topological polar surface area (TPSA) is 90.9 Å². The highest BCUT2D eigenvalue weighted by Crippen LogP contribution is 2.43. The maximum atomic E-state index is 12.3. The monoisotopic (exact) mass is 481 g/mol. The van der Waals surface area contributed by atoms with Crippen LogP contribution in [0.15, 0.2) is 26.6 Å². The summed E-state index contributed by atoms with van der Waals surface area (Å²) in [6.45, 7) is 11.0. The highest BCUT2D eigenvalue weighted by molar-refractivity contribution is 7.97. The maximum absolute atomic E-state index is 12.3. The third-order valence-electron chi connectivity index (χ3n) is 5.83. The minimum absolute atomic E-state index is 0.00440. The van der Waals surface area contributed by atoms with Gasteiger partial charge in [-0.05, 0) is 64.1 Å². The lowest BCUT2D eigenvalue weighted by Gasteiger charge is -2.27. The number of benzene rings is 1. The minimum atomic E-state index is -0.607. The first-order chi connectivity index (χ1) is 15.2. The molecule has 1 fully saturated rings. The van der Waals surface area contributed by atoms with E-state index in [1.807, 2.05) is 20.8 Å². The van der Waals surface area contributed by atoms with Gasteiger partial charge in [0.05, 0.1) is 33.9 Å². The summed E-state index contributed by atoms with van der Waals surface area (Å²) in [6.07, 6.45) is 2.83. The lowest BCUT2D eigenvalue weighted by atomic mass is 10.0. The highest BCUT2D eigenvalue weighted by Gasteiger charge is 2.32. The third-order valence-corrected chi connectivity index (χ3v) is 7.77. The van der Waals surface area contributed by atoms with E-state index in [0.29, 0.717) is 15.6 Å². The molecule has 0 amide bonds. The number of nitrogens with one attached hydrogen (secondary N) is 2. The van der Waals surface area contributed by atoms with Gasteiger partial charge in [0.2, 0.25) is 0 Å². The van der Waals surface area contributed by atoms with Gasteiger partial charge in [-0.25, -0.2) is 4.31 Å². The predicted molar refractivity (Wildman–Crippen MR) is 132 cm³/mol. The van der Waals surface area contributed by atoms with Crippen LogP contribution in [0.4, 0.5) is 17.1 Å². The lowest BCUT2D eigenvalue weighted by Crippen LogP contribution is -2.42. The molecule has 1 heterocycles. The molecule has 0 aliphatic carbocycles. The fraction of sp³-hybridized carbons (Fsp3) is 0.565. The largest absolute Gasteiger partial charge is 0.505 e. The molecule has 2 unspecified atom stereocenters. The van der Waals surface area contributed by atoms with Gasteiger partial charge in [0, 0.05) is 12.6 Å². The molecule has 9 heteroatoms. The summed E-state index contributed by atoms with van der Waals surface area (Å²) >= 11 is 7.71. The molecule has 0 bridgehead atoms. The molecule has 1 aliphatic heterocycles. The number of halogens is 1. The predicted octanol–water partition coefficient (Wildman–Crippen LogP) is 4.88. The second-order valence-electron chi connectivity index (χ2n) is 8.45. The SMILES string of the molecule is CC[C@@H](Nc1c(Nc2ccc(Cl)c(SN(CC)C(C)C)c2O)c(=O)c1=O)C1CCC(C)O1. The van der Waals surface area contributed by atoms with Gasteiger partial charge >= 0.3 is 0 Å². The second kappa shape index (κ2) is 10.5. The Balaban J connectivity index is 1.84. The van der Waals surface area contributed by atoms with Crippen molar-refractivity contribution in [3.8, 4) is 5.75 Å². The van der Waals surface area contributed by atoms with E-state index in [1.54, 1.807) is 12.1 Å². The summed E-state index contributed by atoms with van der Waals surface area (Å²) in [6, 6.07) is 3.44. The number of rotatable bonds is 10. The molecule has 3 rings (SSSR count). The first kappa shape index (κ1) is 24.9. The molecule has 3 atom stereocenters. The van der Waals surface area contributed by atoms with Crippen molar-refractivity contribution in [3.63, 3.8) is 0 Å². The van der Waals surface area contributed by atoms with Gasteiger partial charge in [-0.1, -0.05) is 25.4 Å². The van der Waals surface area contributed by atoms with E-state index >= 15 is 0 Å². The number of ether oxygens (including phenoxy) is 1. The van der Waals surface area contributed by atoms with E-state index < -0.39 is 10.9 Å². The Bertz CT molecular complexity index is 1020. The van der Waals surface area contributed by atoms with Crippen molar-refractivity contribution < 1.29 is 9.84 Å². The smallest absolute Gasteiger partial charge is 0.253 e. The van der Waals surface area contributed by atoms with E-state index in [4.69, 9.17) is 16.3 Å². The molecule has 2 aromatic rings. The molecular weight excluding hydrogens is 450 g/mol. The van der Waals surface area contributed by atoms with Crippen molar-refractivity contribution >= 4 is 40.6 Å². The Labute approximate surface area is 198 Å². The van der Waals surface area contributed by atoms with Gasteiger partial charge in [0.15, 0.2) is 5.75 Å². The molecule has 0 spiro atoms. The van der Waals surface area contributed by atoms with E-state index in [2.05, 4.69) is 28.8 Å². The zero-order valence-corrected chi connectivity index (χ0v) is 20.8. The van der Waals surface area contributed by atoms with Crippen LogP contribution in [-0.4, -0.2) is 40.2 Å². The van der Waals surface area contributed by atoms with Gasteiger partial charge < -0.3 is 20.5 Å². The van der Waals surface area contributed by atoms with Crippen LogP contribution in [0.5, 0.6) is 5.75 Å². The molecule has 0 aromatic heterocycles. The molecule has 0 saturated carbocycles. The van der Waals surface area contributed by atoms with Gasteiger partial charge in [-0.2, -0.15) is 0 Å². The molecular formula is C23H32ClN3O4S. The Kier molecular flexibility index (Phi) is 8.14. The summed E-state index contributed by atoms with van der Waals surface area (Å²) in [5.74, 6) is -0.0550. The van der Waals surface area contributed by atoms with Crippen LogP contribution in [-0.2, 0) is 4.74 Å². The number of hydrogen-bond acceptors (Lipinski definition) is 8. The van der Waals surface area contributed by atoms with Crippen LogP contribution >= 0.6 is 23.5 Å². The van der Waals surface area contributed by atoms with Crippen molar-refractivity contribution in [3.05, 3.63) is 37.6 Å². The Morgan fingerprint density at radius 2 is 1.91 bits per heavy atom. The van der Waals surface area contributed by atoms with E-state index in [1.165, 1.54) is 11.9 Å². The number of phenols is 1. The van der Waals surface area contributed by atoms with Crippen molar-refractivity contribution in [2.24, 2.45) is 0 Å². The highest BCUT2D eigenvalue weighted by atomic mass is 35.5. The van der Waals surface area contributed by atoms with Gasteiger partial charge in [0.25, 0.3) is 10.9 Å². The van der Waals surface area contributed by atoms with Gasteiger partial charge in [0.1, 0.15) is 11.4 Å². The molecule has 1 saturated heterocycles. The normalized spacial score (nSPS) is 19.8. The summed E-state index contributed by atoms with van der Waals surface area (Å²) < 4.78 is 8.04. The summed E-state index contributed by atoms with van der Waals surface area (Å²) in [5, 5.41) is 17.5. The van der Waals surface area contributed by atoms with Crippen LogP contribution in [0.1, 0.15) is 53.9 Å². The molecule has 32 heavy (non-hydrogen) atoms. The summed E-state index contributed by atoms with van der Waals surface area (Å²) in [7, 11) is 0. The summed E-state index contributed by atoms with van der Waals surface area (Å²) in [5.41, 5.74) is -0.443. The zero-order chi connectivity index (χ0) is 23.6. The average molecular weight is 482 g/mol. The van der Waals surface area contributed by atoms with Crippen molar-refractivity contribution in [2.45, 2.75) is 83.1 Å². The fourth-order valence-electron chi connectivity index (χ4n) is 3.94. The number of nitrogens with zero attached hydrogens (tertiary/aromatic N) is 1. The fourth-order valence-corrected chi connectivity index (χ4v) is 5.12. The molecule has 1 aliphatic rings. The summed E-state index contributed by atoms with van der Waals surface area (Å²) in [4.78, 5) is 25.1. The quantitative estimate of drug-likeness (QED) is 0.251. The van der Waals surface area contributed by atoms with E-state index in [9.17, 15) is 14.7 Å². The number of hydrogen-bond donors (Lipinski definition) is 3. The second-order valence-corrected chi connectivity index (χ2v) is 9.91. The van der Waals surface area contributed by atoms with Gasteiger partial charge in [-0.15, -0.1) is 0 Å². The zero-order valence-electron chi connectivity index (χ0n) is 19.2. The minimum Gasteiger partial charge on any atom is -0.505 e. The maximum Gasteiger partial charge on any atom is 0.253 e. The van der Waals surface area contributed by atoms with Crippen molar-refractivity contribution in [2.75, 3.05) is 17.2 Å². The van der Waals surface area contributed by atoms with Gasteiger partial charge in [-0.3, -0.25) is 9.59 Å². The van der Waals surface area contributed by atoms with Crippen LogP contribution in [0.3, 0.4) is 0 Å². The molecule has 2 aromatic carbocycles. The first-order valence-electron chi connectivity index (χ1n) is 11.2. The molecule has 0 radical (unpaired) electrons.